The number of urea groups is 1. The number of nitrogens with one attached hydrogen (secondary N) is 2. The second-order valence-corrected chi connectivity index (χ2v) is 10.3. The molecule has 3 unspecified atom stereocenters. The van der Waals surface area contributed by atoms with Gasteiger partial charge in [0.1, 0.15) is 0 Å². The summed E-state index contributed by atoms with van der Waals surface area (Å²) < 4.78 is 30.9. The summed E-state index contributed by atoms with van der Waals surface area (Å²) in [6.07, 6.45) is 5.05. The molecule has 2 N–H and O–H groups in total. The third-order valence-electron chi connectivity index (χ3n) is 7.78. The number of carbonyl (C=O) groups excluding carboxylic acids is 2. The first-order valence-corrected chi connectivity index (χ1v) is 12.6. The number of imide groups is 1. The van der Waals surface area contributed by atoms with E-state index in [2.05, 4.69) is 27.3 Å². The molecule has 0 aromatic carbocycles. The molecule has 4 rings (SSSR count). The number of aromatic nitrogens is 2. The molecule has 3 amide bonds. The summed E-state index contributed by atoms with van der Waals surface area (Å²) in [5, 5.41) is 6.12. The quantitative estimate of drug-likeness (QED) is 0.637. The van der Waals surface area contributed by atoms with Crippen molar-refractivity contribution >= 4 is 22.8 Å². The van der Waals surface area contributed by atoms with Gasteiger partial charge in [0.2, 0.25) is 5.91 Å². The van der Waals surface area contributed by atoms with E-state index in [4.69, 9.17) is 0 Å². The predicted octanol–water partition coefficient (Wildman–Crippen LogP) is 4.14. The Kier molecular flexibility index (Phi) is 8.02. The average Bonchev–Trinajstić information content (AvgIpc) is 2.83. The van der Waals surface area contributed by atoms with Crippen LogP contribution in [0, 0.1) is 18.8 Å². The van der Waals surface area contributed by atoms with E-state index in [1.54, 1.807) is 17.8 Å². The lowest BCUT2D eigenvalue weighted by Gasteiger charge is -2.34. The first kappa shape index (κ1) is 26.2. The Morgan fingerprint density at radius 2 is 1.86 bits per heavy atom. The van der Waals surface area contributed by atoms with Crippen LogP contribution in [-0.4, -0.2) is 40.2 Å². The first-order valence-electron chi connectivity index (χ1n) is 12.6. The van der Waals surface area contributed by atoms with Crippen molar-refractivity contribution in [2.45, 2.75) is 83.5 Å². The predicted molar refractivity (Wildman–Crippen MR) is 131 cm³/mol. The van der Waals surface area contributed by atoms with Gasteiger partial charge in [0.15, 0.2) is 0 Å². The number of pyridine rings is 2. The molecule has 0 bridgehead atoms. The summed E-state index contributed by atoms with van der Waals surface area (Å²) in [6, 6.07) is 3.02. The van der Waals surface area contributed by atoms with Crippen molar-refractivity contribution in [2.75, 3.05) is 0 Å². The lowest BCUT2D eigenvalue weighted by Crippen LogP contribution is -2.48. The fraction of sp³-hybridized carbons (Fsp3) is 0.615. The number of alkyl halides is 2. The van der Waals surface area contributed by atoms with E-state index in [-0.39, 0.29) is 35.3 Å². The Bertz CT molecular complexity index is 1180. The van der Waals surface area contributed by atoms with Gasteiger partial charge in [-0.25, -0.2) is 4.79 Å². The van der Waals surface area contributed by atoms with Crippen LogP contribution >= 0.6 is 0 Å². The maximum atomic E-state index is 13.2. The fourth-order valence-electron chi connectivity index (χ4n) is 5.67. The van der Waals surface area contributed by atoms with Crippen LogP contribution in [-0.2, 0) is 16.6 Å². The molecule has 2 aliphatic rings. The SMILES string of the molecule is Cc1cc2c(cn1)cc(C1CC(C(=O)NC(=O)NC3CCC(OC(F)F)CC3)CCC1C)c(=O)n2C. The van der Waals surface area contributed by atoms with E-state index in [1.165, 1.54) is 0 Å². The molecule has 0 spiro atoms. The molecule has 2 heterocycles. The zero-order valence-corrected chi connectivity index (χ0v) is 20.9. The van der Waals surface area contributed by atoms with Crippen LogP contribution in [0.25, 0.3) is 10.9 Å². The molecular weight excluding hydrogens is 470 g/mol. The summed E-state index contributed by atoms with van der Waals surface area (Å²) in [4.78, 5) is 43.0. The molecule has 10 heteroatoms. The highest BCUT2D eigenvalue weighted by atomic mass is 19.3. The maximum Gasteiger partial charge on any atom is 0.345 e. The van der Waals surface area contributed by atoms with Crippen LogP contribution in [0.4, 0.5) is 13.6 Å². The smallest absolute Gasteiger partial charge is 0.335 e. The second kappa shape index (κ2) is 11.0. The summed E-state index contributed by atoms with van der Waals surface area (Å²) >= 11 is 0. The molecule has 36 heavy (non-hydrogen) atoms. The van der Waals surface area contributed by atoms with Gasteiger partial charge in [0.25, 0.3) is 5.56 Å². The fourth-order valence-corrected chi connectivity index (χ4v) is 5.67. The molecule has 0 radical (unpaired) electrons. The summed E-state index contributed by atoms with van der Waals surface area (Å²) in [7, 11) is 1.75. The van der Waals surface area contributed by atoms with Gasteiger partial charge in [-0.15, -0.1) is 0 Å². The Balaban J connectivity index is 1.38. The molecule has 2 aliphatic carbocycles. The van der Waals surface area contributed by atoms with Gasteiger partial charge in [-0.3, -0.25) is 19.9 Å². The van der Waals surface area contributed by atoms with Gasteiger partial charge in [-0.05, 0) is 75.8 Å². The molecule has 2 fully saturated rings. The number of ether oxygens (including phenoxy) is 1. The minimum atomic E-state index is -2.79. The summed E-state index contributed by atoms with van der Waals surface area (Å²) in [5.74, 6) is -0.623. The monoisotopic (exact) mass is 504 g/mol. The van der Waals surface area contributed by atoms with Crippen molar-refractivity contribution in [1.29, 1.82) is 0 Å². The number of fused-ring (bicyclic) bond motifs is 1. The number of hydrogen-bond acceptors (Lipinski definition) is 5. The highest BCUT2D eigenvalue weighted by Gasteiger charge is 2.35. The van der Waals surface area contributed by atoms with Gasteiger partial charge in [-0.1, -0.05) is 6.92 Å². The molecule has 196 valence electrons. The zero-order valence-electron chi connectivity index (χ0n) is 20.9. The van der Waals surface area contributed by atoms with Crippen molar-refractivity contribution in [2.24, 2.45) is 18.9 Å². The highest BCUT2D eigenvalue weighted by Crippen LogP contribution is 2.40. The number of hydrogen-bond donors (Lipinski definition) is 2. The number of halogens is 2. The van der Waals surface area contributed by atoms with Crippen LogP contribution in [0.15, 0.2) is 23.1 Å². The molecule has 2 aromatic rings. The minimum absolute atomic E-state index is 0.0739. The lowest BCUT2D eigenvalue weighted by atomic mass is 9.71. The summed E-state index contributed by atoms with van der Waals surface area (Å²) in [5.41, 5.74) is 2.25. The van der Waals surface area contributed by atoms with Gasteiger partial charge in [0, 0.05) is 41.8 Å². The Morgan fingerprint density at radius 1 is 1.14 bits per heavy atom. The van der Waals surface area contributed by atoms with Crippen LogP contribution in [0.2, 0.25) is 0 Å². The van der Waals surface area contributed by atoms with E-state index >= 15 is 0 Å². The van der Waals surface area contributed by atoms with Gasteiger partial charge in [0.05, 0.1) is 11.6 Å². The van der Waals surface area contributed by atoms with E-state index in [0.717, 1.165) is 23.0 Å². The molecular formula is C26H34F2N4O4. The van der Waals surface area contributed by atoms with Crippen LogP contribution < -0.4 is 16.2 Å². The van der Waals surface area contributed by atoms with Crippen molar-refractivity contribution in [1.82, 2.24) is 20.2 Å². The van der Waals surface area contributed by atoms with Crippen molar-refractivity contribution in [3.8, 4) is 0 Å². The van der Waals surface area contributed by atoms with E-state index in [0.29, 0.717) is 44.1 Å². The van der Waals surface area contributed by atoms with E-state index < -0.39 is 18.7 Å². The Labute approximate surface area is 208 Å². The standard InChI is InChI=1S/C26H34F2N4O4/c1-14-4-5-16(23(33)31-26(35)30-18-6-8-19(9-7-18)36-25(27)28)11-20(14)21-12-17-13-29-15(2)10-22(17)32(3)24(21)34/h10,12-14,16,18-20,25H,4-9,11H2,1-3H3,(H2,30,31,33,35). The van der Waals surface area contributed by atoms with Crippen LogP contribution in [0.3, 0.4) is 0 Å². The first-order chi connectivity index (χ1) is 17.1. The number of rotatable bonds is 5. The van der Waals surface area contributed by atoms with Gasteiger partial charge < -0.3 is 14.6 Å². The molecule has 8 nitrogen and oxygen atoms in total. The number of amides is 3. The third kappa shape index (κ3) is 5.91. The Morgan fingerprint density at radius 3 is 2.56 bits per heavy atom. The number of carbonyl (C=O) groups is 2. The van der Waals surface area contributed by atoms with Crippen molar-refractivity contribution < 1.29 is 23.1 Å². The number of aryl methyl sites for hydroxylation is 2. The van der Waals surface area contributed by atoms with Crippen LogP contribution in [0.5, 0.6) is 0 Å². The second-order valence-electron chi connectivity index (χ2n) is 10.3. The van der Waals surface area contributed by atoms with Crippen LogP contribution in [0.1, 0.15) is 69.0 Å². The van der Waals surface area contributed by atoms with Gasteiger partial charge in [-0.2, -0.15) is 8.78 Å². The number of nitrogens with zero attached hydrogens (tertiary/aromatic N) is 2. The van der Waals surface area contributed by atoms with Gasteiger partial charge >= 0.3 is 12.6 Å². The highest BCUT2D eigenvalue weighted by molar-refractivity contribution is 5.95. The van der Waals surface area contributed by atoms with E-state index in [1.807, 2.05) is 19.1 Å². The third-order valence-corrected chi connectivity index (χ3v) is 7.78. The lowest BCUT2D eigenvalue weighted by molar-refractivity contribution is -0.170. The Hall–Kier alpha value is -2.88. The molecule has 2 aromatic heterocycles. The molecule has 3 atom stereocenters. The largest absolute Gasteiger partial charge is 0.345 e. The van der Waals surface area contributed by atoms with Crippen molar-refractivity contribution in [3.63, 3.8) is 0 Å². The molecule has 0 aliphatic heterocycles. The average molecular weight is 505 g/mol. The maximum absolute atomic E-state index is 13.2. The summed E-state index contributed by atoms with van der Waals surface area (Å²) in [6.45, 7) is 1.18. The van der Waals surface area contributed by atoms with E-state index in [9.17, 15) is 23.2 Å². The zero-order chi connectivity index (χ0) is 26.0. The topological polar surface area (TPSA) is 102 Å². The molecule has 2 saturated carbocycles. The minimum Gasteiger partial charge on any atom is -0.335 e. The van der Waals surface area contributed by atoms with Crippen molar-refractivity contribution in [3.05, 3.63) is 39.9 Å². The molecule has 0 saturated heterocycles. The normalized spacial score (nSPS) is 26.7.